The molecule has 3 heteroatoms. The van der Waals surface area contributed by atoms with Crippen molar-refractivity contribution in [1.82, 2.24) is 0 Å². The van der Waals surface area contributed by atoms with E-state index in [0.29, 0.717) is 11.3 Å². The van der Waals surface area contributed by atoms with E-state index in [1.807, 2.05) is 13.8 Å². The molecule has 0 aliphatic carbocycles. The third-order valence-corrected chi connectivity index (χ3v) is 1.43. The molecule has 1 rings (SSSR count). The molecule has 0 saturated heterocycles. The zero-order chi connectivity index (χ0) is 10.3. The Morgan fingerprint density at radius 2 is 1.85 bits per heavy atom. The Kier molecular flexibility index (Phi) is 5.35. The fourth-order valence-electron chi connectivity index (χ4n) is 0.888. The molecule has 0 heterocycles. The van der Waals surface area contributed by atoms with Crippen LogP contribution in [0.4, 0.5) is 5.69 Å². The van der Waals surface area contributed by atoms with E-state index in [4.69, 9.17) is 5.11 Å². The molecule has 2 N–H and O–H groups in total. The standard InChI is InChI=1S/C8H9NO2.C2H6/c1-9-7-5-3-2-4-6(7)8(10)11;1-2/h2-5,9H,1H3,(H,10,11);1-2H3. The minimum Gasteiger partial charge on any atom is -0.478 e. The lowest BCUT2D eigenvalue weighted by Gasteiger charge is -2.02. The summed E-state index contributed by atoms with van der Waals surface area (Å²) >= 11 is 0. The van der Waals surface area contributed by atoms with E-state index in [-0.39, 0.29) is 0 Å². The molecule has 1 aromatic rings. The van der Waals surface area contributed by atoms with Gasteiger partial charge in [-0.2, -0.15) is 0 Å². The van der Waals surface area contributed by atoms with Crippen molar-refractivity contribution in [2.45, 2.75) is 13.8 Å². The van der Waals surface area contributed by atoms with E-state index in [1.54, 1.807) is 31.3 Å². The van der Waals surface area contributed by atoms with Gasteiger partial charge in [-0.15, -0.1) is 0 Å². The summed E-state index contributed by atoms with van der Waals surface area (Å²) in [5.74, 6) is -0.907. The molecule has 1 aromatic carbocycles. The molecule has 0 aromatic heterocycles. The topological polar surface area (TPSA) is 49.3 Å². The van der Waals surface area contributed by atoms with Crippen LogP contribution in [0.15, 0.2) is 24.3 Å². The van der Waals surface area contributed by atoms with Gasteiger partial charge in [0, 0.05) is 12.7 Å². The second kappa shape index (κ2) is 6.06. The van der Waals surface area contributed by atoms with Crippen molar-refractivity contribution in [2.24, 2.45) is 0 Å². The lowest BCUT2D eigenvalue weighted by molar-refractivity contribution is 0.0698. The third-order valence-electron chi connectivity index (χ3n) is 1.43. The monoisotopic (exact) mass is 181 g/mol. The quantitative estimate of drug-likeness (QED) is 0.736. The zero-order valence-electron chi connectivity index (χ0n) is 8.16. The number of anilines is 1. The summed E-state index contributed by atoms with van der Waals surface area (Å²) in [6, 6.07) is 6.78. The number of carboxylic acids is 1. The van der Waals surface area contributed by atoms with Gasteiger partial charge < -0.3 is 10.4 Å². The summed E-state index contributed by atoms with van der Waals surface area (Å²) in [6.45, 7) is 4.00. The Hall–Kier alpha value is -1.51. The van der Waals surface area contributed by atoms with Gasteiger partial charge in [0.05, 0.1) is 5.56 Å². The Morgan fingerprint density at radius 3 is 2.23 bits per heavy atom. The average Bonchev–Trinajstić information content (AvgIpc) is 2.20. The lowest BCUT2D eigenvalue weighted by atomic mass is 10.2. The highest BCUT2D eigenvalue weighted by atomic mass is 16.4. The first kappa shape index (κ1) is 11.5. The molecule has 0 saturated carbocycles. The van der Waals surface area contributed by atoms with Crippen molar-refractivity contribution in [2.75, 3.05) is 12.4 Å². The SMILES string of the molecule is CC.CNc1ccccc1C(=O)O. The smallest absolute Gasteiger partial charge is 0.337 e. The van der Waals surface area contributed by atoms with Crippen LogP contribution in [0.1, 0.15) is 24.2 Å². The first-order valence-corrected chi connectivity index (χ1v) is 4.26. The van der Waals surface area contributed by atoms with Crippen LogP contribution < -0.4 is 5.32 Å². The van der Waals surface area contributed by atoms with Crippen LogP contribution in [0.3, 0.4) is 0 Å². The fourth-order valence-corrected chi connectivity index (χ4v) is 0.888. The van der Waals surface area contributed by atoms with Gasteiger partial charge in [0.25, 0.3) is 0 Å². The van der Waals surface area contributed by atoms with E-state index < -0.39 is 5.97 Å². The maximum Gasteiger partial charge on any atom is 0.337 e. The number of hydrogen-bond acceptors (Lipinski definition) is 2. The molecule has 0 unspecified atom stereocenters. The van der Waals surface area contributed by atoms with Gasteiger partial charge in [-0.1, -0.05) is 26.0 Å². The highest BCUT2D eigenvalue weighted by Gasteiger charge is 2.05. The number of carbonyl (C=O) groups is 1. The summed E-state index contributed by atoms with van der Waals surface area (Å²) in [7, 11) is 1.70. The first-order chi connectivity index (χ1) is 6.25. The molecule has 0 aliphatic heterocycles. The van der Waals surface area contributed by atoms with Gasteiger partial charge in [0.15, 0.2) is 0 Å². The molecule has 72 valence electrons. The van der Waals surface area contributed by atoms with Gasteiger partial charge >= 0.3 is 5.97 Å². The fraction of sp³-hybridized carbons (Fsp3) is 0.300. The van der Waals surface area contributed by atoms with Crippen molar-refractivity contribution >= 4 is 11.7 Å². The number of rotatable bonds is 2. The molecule has 0 spiro atoms. The van der Waals surface area contributed by atoms with Crippen LogP contribution in [0.2, 0.25) is 0 Å². The van der Waals surface area contributed by atoms with E-state index in [2.05, 4.69) is 5.32 Å². The van der Waals surface area contributed by atoms with Crippen molar-refractivity contribution in [3.8, 4) is 0 Å². The maximum atomic E-state index is 10.5. The molecule has 0 fully saturated rings. The zero-order valence-corrected chi connectivity index (χ0v) is 8.16. The lowest BCUT2D eigenvalue weighted by Crippen LogP contribution is -2.01. The molecule has 0 atom stereocenters. The Balaban J connectivity index is 0.000000671. The summed E-state index contributed by atoms with van der Waals surface area (Å²) in [6.07, 6.45) is 0. The minimum absolute atomic E-state index is 0.301. The predicted octanol–water partition coefficient (Wildman–Crippen LogP) is 2.45. The average molecular weight is 181 g/mol. The van der Waals surface area contributed by atoms with Crippen molar-refractivity contribution in [3.05, 3.63) is 29.8 Å². The summed E-state index contributed by atoms with van der Waals surface area (Å²) in [4.78, 5) is 10.5. The number of para-hydroxylation sites is 1. The molecule has 0 aliphatic rings. The van der Waals surface area contributed by atoms with Gasteiger partial charge in [-0.05, 0) is 12.1 Å². The van der Waals surface area contributed by atoms with Gasteiger partial charge in [0.1, 0.15) is 0 Å². The minimum atomic E-state index is -0.907. The molecule has 3 nitrogen and oxygen atoms in total. The van der Waals surface area contributed by atoms with Crippen LogP contribution in [-0.2, 0) is 0 Å². The second-order valence-electron chi connectivity index (χ2n) is 2.10. The van der Waals surface area contributed by atoms with Crippen LogP contribution >= 0.6 is 0 Å². The first-order valence-electron chi connectivity index (χ1n) is 4.26. The molecular formula is C10H15NO2. The van der Waals surface area contributed by atoms with Crippen LogP contribution in [-0.4, -0.2) is 18.1 Å². The Labute approximate surface area is 78.4 Å². The molecule has 0 amide bonds. The summed E-state index contributed by atoms with van der Waals surface area (Å²) in [5.41, 5.74) is 0.940. The van der Waals surface area contributed by atoms with Crippen molar-refractivity contribution in [1.29, 1.82) is 0 Å². The highest BCUT2D eigenvalue weighted by molar-refractivity contribution is 5.94. The molecular weight excluding hydrogens is 166 g/mol. The predicted molar refractivity (Wildman–Crippen MR) is 54.3 cm³/mol. The van der Waals surface area contributed by atoms with Crippen LogP contribution in [0.5, 0.6) is 0 Å². The number of aromatic carboxylic acids is 1. The van der Waals surface area contributed by atoms with E-state index >= 15 is 0 Å². The van der Waals surface area contributed by atoms with Crippen molar-refractivity contribution in [3.63, 3.8) is 0 Å². The Morgan fingerprint density at radius 1 is 1.31 bits per heavy atom. The Bertz CT molecular complexity index is 271. The van der Waals surface area contributed by atoms with Gasteiger partial charge in [-0.25, -0.2) is 4.79 Å². The number of benzene rings is 1. The summed E-state index contributed by atoms with van der Waals surface area (Å²) in [5, 5.41) is 11.5. The van der Waals surface area contributed by atoms with E-state index in [0.717, 1.165) is 0 Å². The van der Waals surface area contributed by atoms with Crippen molar-refractivity contribution < 1.29 is 9.90 Å². The van der Waals surface area contributed by atoms with E-state index in [1.165, 1.54) is 0 Å². The second-order valence-corrected chi connectivity index (χ2v) is 2.10. The number of carboxylic acid groups (broad SMARTS) is 1. The molecule has 0 radical (unpaired) electrons. The van der Waals surface area contributed by atoms with E-state index in [9.17, 15) is 4.79 Å². The summed E-state index contributed by atoms with van der Waals surface area (Å²) < 4.78 is 0. The molecule has 13 heavy (non-hydrogen) atoms. The largest absolute Gasteiger partial charge is 0.478 e. The molecule has 0 bridgehead atoms. The highest BCUT2D eigenvalue weighted by Crippen LogP contribution is 2.12. The third kappa shape index (κ3) is 3.15. The number of hydrogen-bond donors (Lipinski definition) is 2. The number of nitrogens with one attached hydrogen (secondary N) is 1. The normalized spacial score (nSPS) is 8.23. The van der Waals surface area contributed by atoms with Gasteiger partial charge in [-0.3, -0.25) is 0 Å². The van der Waals surface area contributed by atoms with Crippen LogP contribution in [0.25, 0.3) is 0 Å². The van der Waals surface area contributed by atoms with Crippen LogP contribution in [0, 0.1) is 0 Å². The maximum absolute atomic E-state index is 10.5. The van der Waals surface area contributed by atoms with Gasteiger partial charge in [0.2, 0.25) is 0 Å².